The number of aromatic nitrogens is 1. The summed E-state index contributed by atoms with van der Waals surface area (Å²) in [5, 5.41) is 13.9. The summed E-state index contributed by atoms with van der Waals surface area (Å²) in [5.41, 5.74) is 2.05. The van der Waals surface area contributed by atoms with Crippen molar-refractivity contribution < 1.29 is 14.6 Å². The molecule has 1 aromatic carbocycles. The van der Waals surface area contributed by atoms with Gasteiger partial charge >= 0.3 is 0 Å². The van der Waals surface area contributed by atoms with Crippen molar-refractivity contribution in [1.29, 1.82) is 0 Å². The highest BCUT2D eigenvalue weighted by molar-refractivity contribution is 7.16. The molecule has 2 heterocycles. The van der Waals surface area contributed by atoms with Gasteiger partial charge in [-0.15, -0.1) is 0 Å². The second-order valence-corrected chi connectivity index (χ2v) is 7.80. The first-order valence-corrected chi connectivity index (χ1v) is 9.85. The summed E-state index contributed by atoms with van der Waals surface area (Å²) < 4.78 is 11.2. The lowest BCUT2D eigenvalue weighted by atomic mass is 10.2. The molecule has 0 spiro atoms. The Morgan fingerprint density at radius 1 is 1.35 bits per heavy atom. The standard InChI is InChI=1S/C19H27N3O3S/c1-13(2)17-18(23)21-19(26-17)20-16-5-4-15(12-14(16)3)25-11-8-22-6-9-24-10-7-22/h4-5,12-13,23H,6-11H2,1-3H3,(H,20,21). The van der Waals surface area contributed by atoms with Gasteiger partial charge in [0.05, 0.1) is 18.1 Å². The van der Waals surface area contributed by atoms with Crippen LogP contribution in [-0.2, 0) is 4.74 Å². The first-order chi connectivity index (χ1) is 12.5. The van der Waals surface area contributed by atoms with Crippen molar-refractivity contribution in [2.24, 2.45) is 0 Å². The van der Waals surface area contributed by atoms with E-state index >= 15 is 0 Å². The number of ether oxygens (including phenoxy) is 2. The van der Waals surface area contributed by atoms with Gasteiger partial charge in [-0.3, -0.25) is 4.90 Å². The largest absolute Gasteiger partial charge is 0.492 e. The van der Waals surface area contributed by atoms with Gasteiger partial charge in [-0.1, -0.05) is 25.2 Å². The summed E-state index contributed by atoms with van der Waals surface area (Å²) in [6.45, 7) is 11.3. The van der Waals surface area contributed by atoms with Crippen LogP contribution >= 0.6 is 11.3 Å². The van der Waals surface area contributed by atoms with Crippen LogP contribution < -0.4 is 10.1 Å². The van der Waals surface area contributed by atoms with E-state index in [1.165, 1.54) is 11.3 Å². The van der Waals surface area contributed by atoms with Gasteiger partial charge in [0, 0.05) is 25.3 Å². The topological polar surface area (TPSA) is 66.9 Å². The lowest BCUT2D eigenvalue weighted by Crippen LogP contribution is -2.38. The maximum absolute atomic E-state index is 9.93. The molecule has 2 N–H and O–H groups in total. The molecule has 1 fully saturated rings. The van der Waals surface area contributed by atoms with Crippen LogP contribution in [-0.4, -0.2) is 54.4 Å². The number of aromatic hydroxyl groups is 1. The quantitative estimate of drug-likeness (QED) is 0.766. The summed E-state index contributed by atoms with van der Waals surface area (Å²) in [7, 11) is 0. The molecule has 1 aromatic heterocycles. The number of benzene rings is 1. The summed E-state index contributed by atoms with van der Waals surface area (Å²) in [4.78, 5) is 7.46. The Hall–Kier alpha value is -1.83. The van der Waals surface area contributed by atoms with Crippen molar-refractivity contribution in [3.05, 3.63) is 28.6 Å². The monoisotopic (exact) mass is 377 g/mol. The number of aryl methyl sites for hydroxylation is 1. The van der Waals surface area contributed by atoms with Crippen LogP contribution in [0.4, 0.5) is 10.8 Å². The fourth-order valence-electron chi connectivity index (χ4n) is 2.85. The van der Waals surface area contributed by atoms with E-state index in [9.17, 15) is 5.11 Å². The zero-order chi connectivity index (χ0) is 18.5. The van der Waals surface area contributed by atoms with E-state index in [1.807, 2.05) is 39.0 Å². The third-order valence-corrected chi connectivity index (χ3v) is 5.64. The van der Waals surface area contributed by atoms with E-state index in [0.717, 1.165) is 54.7 Å². The van der Waals surface area contributed by atoms with Gasteiger partial charge in [0.25, 0.3) is 0 Å². The molecule has 0 atom stereocenters. The first kappa shape index (κ1) is 18.9. The molecule has 2 aromatic rings. The van der Waals surface area contributed by atoms with Crippen LogP contribution in [0.15, 0.2) is 18.2 Å². The number of rotatable bonds is 7. The second kappa shape index (κ2) is 8.70. The van der Waals surface area contributed by atoms with Crippen LogP contribution in [0.2, 0.25) is 0 Å². The van der Waals surface area contributed by atoms with Gasteiger partial charge in [-0.2, -0.15) is 4.98 Å². The van der Waals surface area contributed by atoms with Crippen molar-refractivity contribution in [2.45, 2.75) is 26.7 Å². The molecule has 0 bridgehead atoms. The molecule has 0 saturated carbocycles. The third kappa shape index (κ3) is 4.87. The molecule has 1 aliphatic rings. The Bertz CT molecular complexity index is 727. The summed E-state index contributed by atoms with van der Waals surface area (Å²) >= 11 is 1.49. The minimum Gasteiger partial charge on any atom is -0.492 e. The van der Waals surface area contributed by atoms with E-state index in [0.29, 0.717) is 11.7 Å². The number of morpholine rings is 1. The van der Waals surface area contributed by atoms with E-state index < -0.39 is 0 Å². The van der Waals surface area contributed by atoms with Crippen molar-refractivity contribution in [3.63, 3.8) is 0 Å². The Balaban J connectivity index is 1.56. The lowest BCUT2D eigenvalue weighted by Gasteiger charge is -2.26. The van der Waals surface area contributed by atoms with E-state index in [1.54, 1.807) is 0 Å². The van der Waals surface area contributed by atoms with Crippen molar-refractivity contribution in [2.75, 3.05) is 44.8 Å². The fraction of sp³-hybridized carbons (Fsp3) is 0.526. The van der Waals surface area contributed by atoms with Crippen LogP contribution in [0.5, 0.6) is 11.6 Å². The minimum atomic E-state index is 0.119. The molecule has 0 aliphatic carbocycles. The molecular formula is C19H27N3O3S. The van der Waals surface area contributed by atoms with Gasteiger partial charge in [0.15, 0.2) is 5.13 Å². The molecule has 26 heavy (non-hydrogen) atoms. The number of hydrogen-bond donors (Lipinski definition) is 2. The number of hydrogen-bond acceptors (Lipinski definition) is 7. The zero-order valence-electron chi connectivity index (χ0n) is 15.6. The van der Waals surface area contributed by atoms with E-state index in [4.69, 9.17) is 9.47 Å². The van der Waals surface area contributed by atoms with Crippen LogP contribution in [0.25, 0.3) is 0 Å². The van der Waals surface area contributed by atoms with Crippen LogP contribution in [0.3, 0.4) is 0 Å². The van der Waals surface area contributed by atoms with Gasteiger partial charge < -0.3 is 19.9 Å². The summed E-state index contributed by atoms with van der Waals surface area (Å²) in [6.07, 6.45) is 0. The maximum atomic E-state index is 9.93. The lowest BCUT2D eigenvalue weighted by molar-refractivity contribution is 0.0322. The summed E-state index contributed by atoms with van der Waals surface area (Å²) in [5.74, 6) is 1.24. The highest BCUT2D eigenvalue weighted by Gasteiger charge is 2.14. The summed E-state index contributed by atoms with van der Waals surface area (Å²) in [6, 6.07) is 5.98. The molecule has 1 saturated heterocycles. The van der Waals surface area contributed by atoms with Gasteiger partial charge in [-0.25, -0.2) is 0 Å². The van der Waals surface area contributed by atoms with Crippen molar-refractivity contribution in [1.82, 2.24) is 9.88 Å². The van der Waals surface area contributed by atoms with Crippen LogP contribution in [0, 0.1) is 6.92 Å². The van der Waals surface area contributed by atoms with Crippen molar-refractivity contribution >= 4 is 22.2 Å². The fourth-order valence-corrected chi connectivity index (χ4v) is 3.73. The Morgan fingerprint density at radius 3 is 2.77 bits per heavy atom. The average Bonchev–Trinajstić information content (AvgIpc) is 2.99. The minimum absolute atomic E-state index is 0.119. The maximum Gasteiger partial charge on any atom is 0.227 e. The molecule has 0 amide bonds. The van der Waals surface area contributed by atoms with Gasteiger partial charge in [0.1, 0.15) is 12.4 Å². The highest BCUT2D eigenvalue weighted by atomic mass is 32.1. The molecule has 7 heteroatoms. The van der Waals surface area contributed by atoms with Crippen LogP contribution in [0.1, 0.15) is 30.2 Å². The molecule has 142 valence electrons. The molecule has 3 rings (SSSR count). The number of nitrogens with zero attached hydrogens (tertiary/aromatic N) is 2. The van der Waals surface area contributed by atoms with Gasteiger partial charge in [-0.05, 0) is 36.6 Å². The predicted octanol–water partition coefficient (Wildman–Crippen LogP) is 3.74. The Labute approximate surface area is 158 Å². The van der Waals surface area contributed by atoms with E-state index in [2.05, 4.69) is 15.2 Å². The Morgan fingerprint density at radius 2 is 2.12 bits per heavy atom. The van der Waals surface area contributed by atoms with E-state index in [-0.39, 0.29) is 11.8 Å². The zero-order valence-corrected chi connectivity index (χ0v) is 16.4. The predicted molar refractivity (Wildman–Crippen MR) is 105 cm³/mol. The average molecular weight is 378 g/mol. The number of nitrogens with one attached hydrogen (secondary N) is 1. The second-order valence-electron chi connectivity index (χ2n) is 6.77. The normalized spacial score (nSPS) is 15.4. The first-order valence-electron chi connectivity index (χ1n) is 9.03. The third-order valence-electron chi connectivity index (χ3n) is 4.38. The molecule has 1 aliphatic heterocycles. The van der Waals surface area contributed by atoms with Gasteiger partial charge in [0.2, 0.25) is 5.88 Å². The molecule has 6 nitrogen and oxygen atoms in total. The molecular weight excluding hydrogens is 350 g/mol. The number of thiazole rings is 1. The Kier molecular flexibility index (Phi) is 6.34. The molecule has 0 radical (unpaired) electrons. The highest BCUT2D eigenvalue weighted by Crippen LogP contribution is 2.36. The van der Waals surface area contributed by atoms with Crippen molar-refractivity contribution in [3.8, 4) is 11.6 Å². The number of anilines is 2. The SMILES string of the molecule is Cc1cc(OCCN2CCOCC2)ccc1Nc1nc(O)c(C(C)C)s1. The smallest absolute Gasteiger partial charge is 0.227 e. The molecule has 0 unspecified atom stereocenters.